The Balaban J connectivity index is 2.23. The summed E-state index contributed by atoms with van der Waals surface area (Å²) < 4.78 is 0. The van der Waals surface area contributed by atoms with Gasteiger partial charge in [0, 0.05) is 5.88 Å². The fourth-order valence-corrected chi connectivity index (χ4v) is 1.82. The average Bonchev–Trinajstić information content (AvgIpc) is 2.05. The molecule has 1 N–H and O–H groups in total. The molecule has 0 atom stereocenters. The Labute approximate surface area is 67.3 Å². The Kier molecular flexibility index (Phi) is 3.20. The highest BCUT2D eigenvalue weighted by atomic mass is 35.5. The molecule has 0 amide bonds. The molecule has 1 nitrogen and oxygen atoms in total. The van der Waals surface area contributed by atoms with Crippen LogP contribution in [-0.4, -0.2) is 12.1 Å². The largest absolute Gasteiger partial charge is 0.313 e. The summed E-state index contributed by atoms with van der Waals surface area (Å²) in [5.41, 5.74) is 0. The molecule has 0 radical (unpaired) electrons. The maximum absolute atomic E-state index is 7.06. The van der Waals surface area contributed by atoms with Crippen LogP contribution in [0.15, 0.2) is 0 Å². The second-order valence-electron chi connectivity index (χ2n) is 3.10. The second-order valence-corrected chi connectivity index (χ2v) is 3.41. The highest BCUT2D eigenvalue weighted by Gasteiger charge is 2.18. The summed E-state index contributed by atoms with van der Waals surface area (Å²) in [5, 5.41) is 7.06. The van der Waals surface area contributed by atoms with Gasteiger partial charge in [0.05, 0.1) is 0 Å². The molecule has 1 saturated carbocycles. The van der Waals surface area contributed by atoms with E-state index in [4.69, 9.17) is 17.0 Å². The third kappa shape index (κ3) is 1.98. The van der Waals surface area contributed by atoms with Gasteiger partial charge in [-0.2, -0.15) is 0 Å². The summed E-state index contributed by atoms with van der Waals surface area (Å²) >= 11 is 5.71. The number of hydrogen-bond acceptors (Lipinski definition) is 1. The van der Waals surface area contributed by atoms with Gasteiger partial charge in [-0.15, -0.1) is 11.6 Å². The zero-order valence-electron chi connectivity index (χ0n) is 6.15. The molecule has 0 aliphatic heterocycles. The van der Waals surface area contributed by atoms with E-state index >= 15 is 0 Å². The zero-order chi connectivity index (χ0) is 7.40. The molecule has 0 bridgehead atoms. The Morgan fingerprint density at radius 2 is 1.90 bits per heavy atom. The fourth-order valence-electron chi connectivity index (χ4n) is 1.51. The quantitative estimate of drug-likeness (QED) is 0.473. The van der Waals surface area contributed by atoms with Crippen LogP contribution in [0.5, 0.6) is 0 Å². The summed E-state index contributed by atoms with van der Waals surface area (Å²) in [4.78, 5) is 0. The van der Waals surface area contributed by atoms with E-state index in [2.05, 4.69) is 0 Å². The first kappa shape index (κ1) is 8.06. The standard InChI is InChI=1S/C8H14ClN/c9-5-7-1-3-8(6-10)4-2-7/h6-8,10H,1-5H2. The van der Waals surface area contributed by atoms with Crippen molar-refractivity contribution in [3.05, 3.63) is 0 Å². The lowest BCUT2D eigenvalue weighted by atomic mass is 9.84. The van der Waals surface area contributed by atoms with E-state index in [1.165, 1.54) is 25.7 Å². The van der Waals surface area contributed by atoms with Crippen LogP contribution in [0.25, 0.3) is 0 Å². The van der Waals surface area contributed by atoms with Gasteiger partial charge in [0.25, 0.3) is 0 Å². The smallest absolute Gasteiger partial charge is 0.0251 e. The number of alkyl halides is 1. The van der Waals surface area contributed by atoms with Crippen LogP contribution in [0.3, 0.4) is 0 Å². The highest BCUT2D eigenvalue weighted by Crippen LogP contribution is 2.27. The second kappa shape index (κ2) is 3.97. The molecule has 0 aromatic rings. The average molecular weight is 160 g/mol. The molecule has 1 fully saturated rings. The van der Waals surface area contributed by atoms with E-state index in [0.29, 0.717) is 5.92 Å². The van der Waals surface area contributed by atoms with Gasteiger partial charge in [0.1, 0.15) is 0 Å². The molecular weight excluding hydrogens is 146 g/mol. The first-order valence-electron chi connectivity index (χ1n) is 3.93. The van der Waals surface area contributed by atoms with E-state index in [9.17, 15) is 0 Å². The zero-order valence-corrected chi connectivity index (χ0v) is 6.90. The van der Waals surface area contributed by atoms with Crippen LogP contribution in [0.1, 0.15) is 25.7 Å². The van der Waals surface area contributed by atoms with Gasteiger partial charge in [0.2, 0.25) is 0 Å². The summed E-state index contributed by atoms with van der Waals surface area (Å²) in [6.07, 6.45) is 6.40. The van der Waals surface area contributed by atoms with Crippen molar-refractivity contribution in [2.45, 2.75) is 25.7 Å². The van der Waals surface area contributed by atoms with Gasteiger partial charge < -0.3 is 5.41 Å². The maximum Gasteiger partial charge on any atom is 0.0251 e. The van der Waals surface area contributed by atoms with Crippen LogP contribution in [0, 0.1) is 17.2 Å². The van der Waals surface area contributed by atoms with E-state index < -0.39 is 0 Å². The molecule has 2 heteroatoms. The third-order valence-electron chi connectivity index (χ3n) is 2.35. The predicted octanol–water partition coefficient (Wildman–Crippen LogP) is 2.68. The molecule has 0 spiro atoms. The van der Waals surface area contributed by atoms with Crippen molar-refractivity contribution in [1.29, 1.82) is 5.41 Å². The molecule has 10 heavy (non-hydrogen) atoms. The minimum Gasteiger partial charge on any atom is -0.313 e. The summed E-state index contributed by atoms with van der Waals surface area (Å²) in [7, 11) is 0. The lowest BCUT2D eigenvalue weighted by Crippen LogP contribution is -2.15. The highest BCUT2D eigenvalue weighted by molar-refractivity contribution is 6.18. The van der Waals surface area contributed by atoms with Gasteiger partial charge in [-0.1, -0.05) is 0 Å². The molecule has 0 unspecified atom stereocenters. The molecule has 0 aromatic carbocycles. The molecule has 58 valence electrons. The molecule has 0 heterocycles. The van der Waals surface area contributed by atoms with Crippen LogP contribution >= 0.6 is 11.6 Å². The number of hydrogen-bond donors (Lipinski definition) is 1. The van der Waals surface area contributed by atoms with Crippen LogP contribution in [0.4, 0.5) is 0 Å². The summed E-state index contributed by atoms with van der Waals surface area (Å²) in [5.74, 6) is 2.10. The minimum absolute atomic E-state index is 0.555. The van der Waals surface area contributed by atoms with Crippen LogP contribution in [0.2, 0.25) is 0 Å². The summed E-state index contributed by atoms with van der Waals surface area (Å²) in [6.45, 7) is 0. The molecule has 1 aliphatic carbocycles. The topological polar surface area (TPSA) is 23.9 Å². The van der Waals surface area contributed by atoms with Gasteiger partial charge >= 0.3 is 0 Å². The lowest BCUT2D eigenvalue weighted by molar-refractivity contribution is 0.350. The van der Waals surface area contributed by atoms with Crippen molar-refractivity contribution in [2.75, 3.05) is 5.88 Å². The molecule has 1 aliphatic rings. The molecular formula is C8H14ClN. The normalized spacial score (nSPS) is 33.7. The van der Waals surface area contributed by atoms with Crippen molar-refractivity contribution in [2.24, 2.45) is 11.8 Å². The molecule has 0 saturated heterocycles. The first-order chi connectivity index (χ1) is 4.86. The first-order valence-corrected chi connectivity index (χ1v) is 4.47. The third-order valence-corrected chi connectivity index (χ3v) is 2.78. The van der Waals surface area contributed by atoms with Crippen molar-refractivity contribution < 1.29 is 0 Å². The molecule has 1 rings (SSSR count). The SMILES string of the molecule is N=CC1CCC(CCl)CC1. The van der Waals surface area contributed by atoms with Gasteiger partial charge in [0.15, 0.2) is 0 Å². The van der Waals surface area contributed by atoms with E-state index in [0.717, 1.165) is 11.8 Å². The monoisotopic (exact) mass is 159 g/mol. The van der Waals surface area contributed by atoms with E-state index in [-0.39, 0.29) is 0 Å². The number of nitrogens with one attached hydrogen (secondary N) is 1. The van der Waals surface area contributed by atoms with E-state index in [1.807, 2.05) is 0 Å². The number of rotatable bonds is 2. The van der Waals surface area contributed by atoms with Gasteiger partial charge in [-0.05, 0) is 43.7 Å². The summed E-state index contributed by atoms with van der Waals surface area (Å²) in [6, 6.07) is 0. The van der Waals surface area contributed by atoms with Crippen LogP contribution < -0.4 is 0 Å². The Bertz CT molecular complexity index is 106. The van der Waals surface area contributed by atoms with Crippen LogP contribution in [-0.2, 0) is 0 Å². The van der Waals surface area contributed by atoms with Crippen molar-refractivity contribution in [1.82, 2.24) is 0 Å². The number of halogens is 1. The maximum atomic E-state index is 7.06. The minimum atomic E-state index is 0.555. The van der Waals surface area contributed by atoms with Crippen molar-refractivity contribution in [3.8, 4) is 0 Å². The Morgan fingerprint density at radius 1 is 1.30 bits per heavy atom. The van der Waals surface area contributed by atoms with Crippen molar-refractivity contribution >= 4 is 17.8 Å². The van der Waals surface area contributed by atoms with Crippen molar-refractivity contribution in [3.63, 3.8) is 0 Å². The van der Waals surface area contributed by atoms with Gasteiger partial charge in [-0.25, -0.2) is 0 Å². The molecule has 0 aromatic heterocycles. The predicted molar refractivity (Wildman–Crippen MR) is 45.0 cm³/mol. The fraction of sp³-hybridized carbons (Fsp3) is 0.875. The van der Waals surface area contributed by atoms with E-state index in [1.54, 1.807) is 6.21 Å². The van der Waals surface area contributed by atoms with Gasteiger partial charge in [-0.3, -0.25) is 0 Å². The Hall–Kier alpha value is -0.0400. The lowest BCUT2D eigenvalue weighted by Gasteiger charge is -2.23. The Morgan fingerprint density at radius 3 is 2.30 bits per heavy atom.